The van der Waals surface area contributed by atoms with Crippen molar-refractivity contribution in [1.82, 2.24) is 15.1 Å². The minimum Gasteiger partial charge on any atom is -0.306 e. The van der Waals surface area contributed by atoms with Gasteiger partial charge in [-0.1, -0.05) is 18.2 Å². The van der Waals surface area contributed by atoms with Gasteiger partial charge in [0.2, 0.25) is 0 Å². The summed E-state index contributed by atoms with van der Waals surface area (Å²) in [6.45, 7) is 9.11. The molecule has 0 amide bonds. The molecule has 0 unspecified atom stereocenters. The first-order chi connectivity index (χ1) is 10.2. The van der Waals surface area contributed by atoms with Crippen LogP contribution in [0.15, 0.2) is 30.3 Å². The van der Waals surface area contributed by atoms with Crippen molar-refractivity contribution in [2.75, 3.05) is 0 Å². The minimum absolute atomic E-state index is 0.809. The van der Waals surface area contributed by atoms with Crippen LogP contribution in [0.3, 0.4) is 0 Å². The first-order valence-electron chi connectivity index (χ1n) is 7.40. The predicted octanol–water partition coefficient (Wildman–Crippen LogP) is 4.02. The van der Waals surface area contributed by atoms with Gasteiger partial charge in [0, 0.05) is 34.8 Å². The third kappa shape index (κ3) is 2.87. The van der Waals surface area contributed by atoms with E-state index in [9.17, 15) is 0 Å². The molecule has 4 heteroatoms. The van der Waals surface area contributed by atoms with Crippen molar-refractivity contribution >= 4 is 22.2 Å². The number of aromatic nitrogens is 2. The van der Waals surface area contributed by atoms with E-state index in [1.807, 2.05) is 11.3 Å². The molecule has 0 fully saturated rings. The maximum absolute atomic E-state index is 4.72. The summed E-state index contributed by atoms with van der Waals surface area (Å²) in [6.07, 6.45) is 0. The molecule has 0 atom stereocenters. The van der Waals surface area contributed by atoms with E-state index >= 15 is 0 Å². The molecule has 0 aliphatic carbocycles. The van der Waals surface area contributed by atoms with Crippen molar-refractivity contribution in [3.8, 4) is 0 Å². The van der Waals surface area contributed by atoms with E-state index in [0.717, 1.165) is 25.3 Å². The number of hydrogen-bond donors (Lipinski definition) is 1. The fraction of sp³-hybridized carbons (Fsp3) is 0.353. The zero-order valence-corrected chi connectivity index (χ0v) is 13.6. The Morgan fingerprint density at radius 1 is 1.19 bits per heavy atom. The van der Waals surface area contributed by atoms with Gasteiger partial charge < -0.3 is 5.32 Å². The first kappa shape index (κ1) is 14.3. The van der Waals surface area contributed by atoms with Gasteiger partial charge in [-0.25, -0.2) is 0 Å². The average Bonchev–Trinajstić information content (AvgIpc) is 3.00. The SMILES string of the molecule is CCn1nc(CNCc2cc(C)c(C)s2)c2ccccc21. The Balaban J connectivity index is 1.73. The van der Waals surface area contributed by atoms with E-state index in [-0.39, 0.29) is 0 Å². The Hall–Kier alpha value is -1.65. The van der Waals surface area contributed by atoms with Crippen LogP contribution >= 0.6 is 11.3 Å². The van der Waals surface area contributed by atoms with Gasteiger partial charge in [0.05, 0.1) is 11.2 Å². The zero-order valence-electron chi connectivity index (χ0n) is 12.8. The molecular formula is C17H21N3S. The molecule has 1 aromatic carbocycles. The van der Waals surface area contributed by atoms with Crippen molar-refractivity contribution in [2.24, 2.45) is 0 Å². The largest absolute Gasteiger partial charge is 0.306 e. The molecule has 0 saturated carbocycles. The van der Waals surface area contributed by atoms with Crippen molar-refractivity contribution in [3.63, 3.8) is 0 Å². The van der Waals surface area contributed by atoms with Crippen LogP contribution in [0.4, 0.5) is 0 Å². The number of thiophene rings is 1. The highest BCUT2D eigenvalue weighted by molar-refractivity contribution is 7.12. The molecule has 2 aromatic heterocycles. The molecule has 0 saturated heterocycles. The number of hydrogen-bond acceptors (Lipinski definition) is 3. The second-order valence-corrected chi connectivity index (χ2v) is 6.68. The van der Waals surface area contributed by atoms with E-state index in [0.29, 0.717) is 0 Å². The highest BCUT2D eigenvalue weighted by atomic mass is 32.1. The van der Waals surface area contributed by atoms with Gasteiger partial charge in [-0.2, -0.15) is 5.10 Å². The van der Waals surface area contributed by atoms with Crippen LogP contribution in [0.2, 0.25) is 0 Å². The van der Waals surface area contributed by atoms with Gasteiger partial charge in [0.25, 0.3) is 0 Å². The van der Waals surface area contributed by atoms with Crippen LogP contribution in [0.5, 0.6) is 0 Å². The summed E-state index contributed by atoms with van der Waals surface area (Å²) in [4.78, 5) is 2.80. The Morgan fingerprint density at radius 2 is 2.00 bits per heavy atom. The smallest absolute Gasteiger partial charge is 0.0841 e. The third-order valence-electron chi connectivity index (χ3n) is 3.84. The monoisotopic (exact) mass is 299 g/mol. The standard InChI is InChI=1S/C17H21N3S/c1-4-20-17-8-6-5-7-15(17)16(19-20)11-18-10-14-9-12(2)13(3)21-14/h5-9,18H,4,10-11H2,1-3H3. The lowest BCUT2D eigenvalue weighted by molar-refractivity contribution is 0.634. The molecule has 3 aromatic rings. The highest BCUT2D eigenvalue weighted by Crippen LogP contribution is 2.21. The van der Waals surface area contributed by atoms with Crippen LogP contribution in [-0.2, 0) is 19.6 Å². The van der Waals surface area contributed by atoms with Gasteiger partial charge in [0.15, 0.2) is 0 Å². The second kappa shape index (κ2) is 6.00. The van der Waals surface area contributed by atoms with E-state index < -0.39 is 0 Å². The first-order valence-corrected chi connectivity index (χ1v) is 8.21. The second-order valence-electron chi connectivity index (χ2n) is 5.34. The molecule has 0 spiro atoms. The summed E-state index contributed by atoms with van der Waals surface area (Å²) < 4.78 is 2.08. The number of nitrogens with zero attached hydrogens (tertiary/aromatic N) is 2. The van der Waals surface area contributed by atoms with Gasteiger partial charge in [-0.15, -0.1) is 11.3 Å². The topological polar surface area (TPSA) is 29.9 Å². The molecule has 3 rings (SSSR count). The highest BCUT2D eigenvalue weighted by Gasteiger charge is 2.09. The van der Waals surface area contributed by atoms with Crippen LogP contribution < -0.4 is 5.32 Å². The molecular weight excluding hydrogens is 278 g/mol. The average molecular weight is 299 g/mol. The van der Waals surface area contributed by atoms with Crippen molar-refractivity contribution in [2.45, 2.75) is 40.4 Å². The zero-order chi connectivity index (χ0) is 14.8. The van der Waals surface area contributed by atoms with Gasteiger partial charge in [-0.05, 0) is 38.5 Å². The number of rotatable bonds is 5. The lowest BCUT2D eigenvalue weighted by Crippen LogP contribution is -2.12. The van der Waals surface area contributed by atoms with Crippen molar-refractivity contribution < 1.29 is 0 Å². The normalized spacial score (nSPS) is 11.4. The van der Waals surface area contributed by atoms with Gasteiger partial charge in [0.1, 0.15) is 0 Å². The Bertz CT molecular complexity index is 735. The quantitative estimate of drug-likeness (QED) is 0.771. The molecule has 0 radical (unpaired) electrons. The summed E-state index contributed by atoms with van der Waals surface area (Å²) in [7, 11) is 0. The van der Waals surface area contributed by atoms with Crippen molar-refractivity contribution in [3.05, 3.63) is 51.3 Å². The summed E-state index contributed by atoms with van der Waals surface area (Å²) >= 11 is 1.87. The summed E-state index contributed by atoms with van der Waals surface area (Å²) in [6, 6.07) is 10.7. The molecule has 110 valence electrons. The Labute approximate surface area is 129 Å². The number of aryl methyl sites for hydroxylation is 3. The fourth-order valence-corrected chi connectivity index (χ4v) is 3.63. The van der Waals surface area contributed by atoms with Crippen LogP contribution in [-0.4, -0.2) is 9.78 Å². The maximum atomic E-state index is 4.72. The minimum atomic E-state index is 0.809. The number of fused-ring (bicyclic) bond motifs is 1. The molecule has 0 aliphatic heterocycles. The van der Waals surface area contributed by atoms with Crippen LogP contribution in [0, 0.1) is 13.8 Å². The van der Waals surface area contributed by atoms with E-state index in [1.165, 1.54) is 26.2 Å². The molecule has 3 nitrogen and oxygen atoms in total. The Morgan fingerprint density at radius 3 is 2.71 bits per heavy atom. The molecule has 0 aliphatic rings. The third-order valence-corrected chi connectivity index (χ3v) is 5.00. The fourth-order valence-electron chi connectivity index (χ4n) is 2.61. The van der Waals surface area contributed by atoms with E-state index in [4.69, 9.17) is 5.10 Å². The molecule has 21 heavy (non-hydrogen) atoms. The molecule has 0 bridgehead atoms. The van der Waals surface area contributed by atoms with Crippen LogP contribution in [0.25, 0.3) is 10.9 Å². The summed E-state index contributed by atoms with van der Waals surface area (Å²) in [5.74, 6) is 0. The Kier molecular flexibility index (Phi) is 4.08. The predicted molar refractivity (Wildman–Crippen MR) is 89.7 cm³/mol. The number of para-hydroxylation sites is 1. The van der Waals surface area contributed by atoms with Crippen LogP contribution in [0.1, 0.15) is 27.9 Å². The number of benzene rings is 1. The maximum Gasteiger partial charge on any atom is 0.0841 e. The van der Waals surface area contributed by atoms with E-state index in [1.54, 1.807) is 0 Å². The van der Waals surface area contributed by atoms with Gasteiger partial charge in [-0.3, -0.25) is 4.68 Å². The lowest BCUT2D eigenvalue weighted by atomic mass is 10.2. The van der Waals surface area contributed by atoms with Crippen molar-refractivity contribution in [1.29, 1.82) is 0 Å². The lowest BCUT2D eigenvalue weighted by Gasteiger charge is -2.00. The number of nitrogens with one attached hydrogen (secondary N) is 1. The van der Waals surface area contributed by atoms with Gasteiger partial charge >= 0.3 is 0 Å². The molecule has 2 heterocycles. The summed E-state index contributed by atoms with van der Waals surface area (Å²) in [5.41, 5.74) is 3.74. The summed E-state index contributed by atoms with van der Waals surface area (Å²) in [5, 5.41) is 9.50. The molecule has 1 N–H and O–H groups in total. The van der Waals surface area contributed by atoms with E-state index in [2.05, 4.69) is 61.1 Å².